The van der Waals surface area contributed by atoms with Gasteiger partial charge in [0.15, 0.2) is 0 Å². The van der Waals surface area contributed by atoms with E-state index in [-0.39, 0.29) is 0 Å². The third-order valence-corrected chi connectivity index (χ3v) is 7.54. The lowest BCUT2D eigenvalue weighted by atomic mass is 10.2. The minimum absolute atomic E-state index is 0.302. The van der Waals surface area contributed by atoms with E-state index in [4.69, 9.17) is 16.7 Å². The molecule has 0 fully saturated rings. The summed E-state index contributed by atoms with van der Waals surface area (Å²) in [7, 11) is -3.30. The lowest BCUT2D eigenvalue weighted by Gasteiger charge is -2.19. The zero-order valence-corrected chi connectivity index (χ0v) is 17.4. The Morgan fingerprint density at radius 3 is 2.58 bits per heavy atom. The van der Waals surface area contributed by atoms with Crippen molar-refractivity contribution in [1.29, 1.82) is 0 Å². The molecule has 1 aromatic carbocycles. The van der Waals surface area contributed by atoms with Crippen molar-refractivity contribution in [3.05, 3.63) is 51.2 Å². The van der Waals surface area contributed by atoms with E-state index < -0.39 is 16.0 Å². The quantitative estimate of drug-likeness (QED) is 0.571. The minimum Gasteiger partial charge on any atom is -0.477 e. The number of benzene rings is 1. The van der Waals surface area contributed by atoms with Gasteiger partial charge in [-0.3, -0.25) is 0 Å². The van der Waals surface area contributed by atoms with Crippen LogP contribution in [0, 0.1) is 0 Å². The number of aromatic carboxylic acids is 1. The SMILES string of the molecule is CS(=O)(=O)N(CCCc1ccc(C(=O)O)s1)CCSc1ccccc1Cl. The van der Waals surface area contributed by atoms with Crippen LogP contribution in [-0.2, 0) is 16.4 Å². The van der Waals surface area contributed by atoms with Crippen LogP contribution in [-0.4, -0.2) is 48.9 Å². The molecule has 2 aromatic rings. The van der Waals surface area contributed by atoms with Gasteiger partial charge < -0.3 is 5.11 Å². The molecule has 2 rings (SSSR count). The van der Waals surface area contributed by atoms with E-state index in [9.17, 15) is 13.2 Å². The standard InChI is InChI=1S/C17H20ClNO4S3/c1-26(22,23)19(11-12-24-15-7-3-2-6-14(15)18)10-4-5-13-8-9-16(25-13)17(20)21/h2-3,6-9H,4-5,10-12H2,1H3,(H,20,21). The second-order valence-electron chi connectivity index (χ2n) is 5.62. The van der Waals surface area contributed by atoms with Gasteiger partial charge in [0.2, 0.25) is 10.0 Å². The summed E-state index contributed by atoms with van der Waals surface area (Å²) in [5.74, 6) is -0.325. The van der Waals surface area contributed by atoms with Crippen LogP contribution in [0.4, 0.5) is 0 Å². The number of nitrogens with zero attached hydrogens (tertiary/aromatic N) is 1. The normalized spacial score (nSPS) is 11.8. The number of hydrogen-bond donors (Lipinski definition) is 1. The second-order valence-corrected chi connectivity index (χ2v) is 10.3. The lowest BCUT2D eigenvalue weighted by Crippen LogP contribution is -2.33. The van der Waals surface area contributed by atoms with Crippen molar-refractivity contribution >= 4 is 50.7 Å². The number of rotatable bonds is 10. The predicted octanol–water partition coefficient (Wildman–Crippen LogP) is 4.09. The van der Waals surface area contributed by atoms with Crippen molar-refractivity contribution in [3.8, 4) is 0 Å². The van der Waals surface area contributed by atoms with E-state index in [1.54, 1.807) is 12.1 Å². The highest BCUT2D eigenvalue weighted by Gasteiger charge is 2.16. The van der Waals surface area contributed by atoms with Crippen molar-refractivity contribution in [3.63, 3.8) is 0 Å². The number of aryl methyl sites for hydroxylation is 1. The van der Waals surface area contributed by atoms with Gasteiger partial charge >= 0.3 is 5.97 Å². The summed E-state index contributed by atoms with van der Waals surface area (Å²) < 4.78 is 25.4. The minimum atomic E-state index is -3.30. The summed E-state index contributed by atoms with van der Waals surface area (Å²) in [5.41, 5.74) is 0. The lowest BCUT2D eigenvalue weighted by molar-refractivity contribution is 0.0702. The van der Waals surface area contributed by atoms with Crippen molar-refractivity contribution < 1.29 is 18.3 Å². The highest BCUT2D eigenvalue weighted by molar-refractivity contribution is 7.99. The molecule has 0 unspecified atom stereocenters. The summed E-state index contributed by atoms with van der Waals surface area (Å²) in [4.78, 5) is 13.1. The van der Waals surface area contributed by atoms with Crippen LogP contribution >= 0.6 is 34.7 Å². The molecular weight excluding hydrogens is 414 g/mol. The van der Waals surface area contributed by atoms with E-state index in [0.717, 1.165) is 9.77 Å². The molecule has 0 spiro atoms. The molecule has 0 aliphatic rings. The van der Waals surface area contributed by atoms with Gasteiger partial charge in [-0.25, -0.2) is 17.5 Å². The van der Waals surface area contributed by atoms with E-state index in [1.165, 1.54) is 33.7 Å². The summed E-state index contributed by atoms with van der Waals surface area (Å²) in [6, 6.07) is 10.8. The number of carboxylic acid groups (broad SMARTS) is 1. The van der Waals surface area contributed by atoms with Crippen molar-refractivity contribution in [2.75, 3.05) is 25.1 Å². The topological polar surface area (TPSA) is 74.7 Å². The van der Waals surface area contributed by atoms with Crippen LogP contribution in [0.25, 0.3) is 0 Å². The van der Waals surface area contributed by atoms with Crippen LogP contribution in [0.15, 0.2) is 41.3 Å². The molecule has 0 amide bonds. The first-order valence-corrected chi connectivity index (χ1v) is 11.9. The number of sulfonamides is 1. The highest BCUT2D eigenvalue weighted by Crippen LogP contribution is 2.26. The molecule has 9 heteroatoms. The maximum absolute atomic E-state index is 12.0. The first kappa shape index (κ1) is 21.2. The monoisotopic (exact) mass is 433 g/mol. The van der Waals surface area contributed by atoms with Gasteiger partial charge in [0, 0.05) is 28.6 Å². The predicted molar refractivity (Wildman–Crippen MR) is 108 cm³/mol. The zero-order chi connectivity index (χ0) is 19.2. The fourth-order valence-corrected chi connectivity index (χ4v) is 5.42. The summed E-state index contributed by atoms with van der Waals surface area (Å²) in [6.07, 6.45) is 2.51. The number of hydrogen-bond acceptors (Lipinski definition) is 5. The third kappa shape index (κ3) is 6.59. The van der Waals surface area contributed by atoms with Gasteiger partial charge in [-0.1, -0.05) is 23.7 Å². The van der Waals surface area contributed by atoms with Crippen LogP contribution in [0.1, 0.15) is 21.0 Å². The average molecular weight is 434 g/mol. The first-order valence-electron chi connectivity index (χ1n) is 7.92. The Hall–Kier alpha value is -1.06. The number of carboxylic acids is 1. The summed E-state index contributed by atoms with van der Waals surface area (Å²) in [5, 5.41) is 9.60. The highest BCUT2D eigenvalue weighted by atomic mass is 35.5. The Labute approximate surface area is 167 Å². The second kappa shape index (κ2) is 9.75. The molecule has 1 N–H and O–H groups in total. The van der Waals surface area contributed by atoms with E-state index in [0.29, 0.717) is 41.6 Å². The van der Waals surface area contributed by atoms with Crippen molar-refractivity contribution in [2.24, 2.45) is 0 Å². The Balaban J connectivity index is 1.85. The molecule has 0 bridgehead atoms. The molecule has 142 valence electrons. The van der Waals surface area contributed by atoms with Gasteiger partial charge in [0.25, 0.3) is 0 Å². The van der Waals surface area contributed by atoms with Crippen LogP contribution in [0.5, 0.6) is 0 Å². The molecule has 26 heavy (non-hydrogen) atoms. The largest absolute Gasteiger partial charge is 0.477 e. The molecule has 1 aromatic heterocycles. The molecule has 0 saturated heterocycles. The van der Waals surface area contributed by atoms with E-state index >= 15 is 0 Å². The Bertz CT molecular complexity index is 851. The molecular formula is C17H20ClNO4S3. The number of carbonyl (C=O) groups is 1. The van der Waals surface area contributed by atoms with Crippen LogP contribution in [0.2, 0.25) is 5.02 Å². The molecule has 0 radical (unpaired) electrons. The molecule has 5 nitrogen and oxygen atoms in total. The molecule has 0 atom stereocenters. The molecule has 0 saturated carbocycles. The van der Waals surface area contributed by atoms with Gasteiger partial charge in [0.05, 0.1) is 11.3 Å². The van der Waals surface area contributed by atoms with Crippen LogP contribution < -0.4 is 0 Å². The first-order chi connectivity index (χ1) is 12.3. The number of thiophene rings is 1. The summed E-state index contributed by atoms with van der Waals surface area (Å²) >= 11 is 8.87. The Morgan fingerprint density at radius 2 is 1.96 bits per heavy atom. The maximum atomic E-state index is 12.0. The van der Waals surface area contributed by atoms with Crippen LogP contribution in [0.3, 0.4) is 0 Å². The van der Waals surface area contributed by atoms with Gasteiger partial charge in [-0.05, 0) is 37.1 Å². The van der Waals surface area contributed by atoms with E-state index in [1.807, 2.05) is 24.3 Å². The van der Waals surface area contributed by atoms with Gasteiger partial charge in [0.1, 0.15) is 4.88 Å². The smallest absolute Gasteiger partial charge is 0.345 e. The summed E-state index contributed by atoms with van der Waals surface area (Å²) in [6.45, 7) is 0.807. The number of thioether (sulfide) groups is 1. The average Bonchev–Trinajstić information content (AvgIpc) is 3.03. The fraction of sp³-hybridized carbons (Fsp3) is 0.353. The Morgan fingerprint density at radius 1 is 1.23 bits per heavy atom. The van der Waals surface area contributed by atoms with Crippen molar-refractivity contribution in [2.45, 2.75) is 17.7 Å². The number of halogens is 1. The van der Waals surface area contributed by atoms with E-state index in [2.05, 4.69) is 0 Å². The zero-order valence-electron chi connectivity index (χ0n) is 14.2. The maximum Gasteiger partial charge on any atom is 0.345 e. The van der Waals surface area contributed by atoms with Crippen molar-refractivity contribution in [1.82, 2.24) is 4.31 Å². The fourth-order valence-electron chi connectivity index (χ4n) is 2.32. The Kier molecular flexibility index (Phi) is 7.97. The third-order valence-electron chi connectivity index (χ3n) is 3.61. The molecule has 1 heterocycles. The molecule has 0 aliphatic heterocycles. The van der Waals surface area contributed by atoms with Gasteiger partial charge in [-0.2, -0.15) is 0 Å². The molecule has 0 aliphatic carbocycles. The van der Waals surface area contributed by atoms with Gasteiger partial charge in [-0.15, -0.1) is 23.1 Å².